The molecule has 0 aromatic heterocycles. The van der Waals surface area contributed by atoms with E-state index < -0.39 is 5.97 Å². The maximum atomic E-state index is 12.0. The molecule has 0 fully saturated rings. The first-order valence-electron chi connectivity index (χ1n) is 5.72. The molecule has 0 unspecified atom stereocenters. The van der Waals surface area contributed by atoms with Gasteiger partial charge in [0.1, 0.15) is 0 Å². The van der Waals surface area contributed by atoms with Gasteiger partial charge in [0.15, 0.2) is 5.78 Å². The number of hydrogen-bond donors (Lipinski definition) is 1. The quantitative estimate of drug-likeness (QED) is 0.797. The smallest absolute Gasteiger partial charge is 0.303 e. The molecule has 0 spiro atoms. The van der Waals surface area contributed by atoms with Crippen LogP contribution in [-0.2, 0) is 4.79 Å². The molecule has 1 atom stereocenters. The highest BCUT2D eigenvalue weighted by Gasteiger charge is 2.15. The summed E-state index contributed by atoms with van der Waals surface area (Å²) in [6.07, 6.45) is 0.327. The largest absolute Gasteiger partial charge is 0.481 e. The van der Waals surface area contributed by atoms with Gasteiger partial charge in [0.05, 0.1) is 0 Å². The van der Waals surface area contributed by atoms with Gasteiger partial charge in [-0.1, -0.05) is 24.6 Å². The van der Waals surface area contributed by atoms with E-state index in [1.54, 1.807) is 6.92 Å². The van der Waals surface area contributed by atoms with Crippen molar-refractivity contribution < 1.29 is 14.7 Å². The molecular weight excluding hydrogens is 216 g/mol. The molecule has 1 N–H and O–H groups in total. The minimum atomic E-state index is -0.855. The summed E-state index contributed by atoms with van der Waals surface area (Å²) >= 11 is 0. The van der Waals surface area contributed by atoms with E-state index in [0.29, 0.717) is 5.56 Å². The van der Waals surface area contributed by atoms with Crippen molar-refractivity contribution in [2.45, 2.75) is 33.6 Å². The zero-order valence-corrected chi connectivity index (χ0v) is 10.5. The summed E-state index contributed by atoms with van der Waals surface area (Å²) in [5, 5.41) is 8.65. The van der Waals surface area contributed by atoms with Crippen LogP contribution in [0.4, 0.5) is 0 Å². The fourth-order valence-corrected chi connectivity index (χ4v) is 1.83. The first-order chi connectivity index (χ1) is 7.90. The highest BCUT2D eigenvalue weighted by molar-refractivity contribution is 5.97. The predicted molar refractivity (Wildman–Crippen MR) is 66.3 cm³/mol. The number of benzene rings is 1. The van der Waals surface area contributed by atoms with Crippen molar-refractivity contribution in [1.29, 1.82) is 0 Å². The summed E-state index contributed by atoms with van der Waals surface area (Å²) in [4.78, 5) is 22.6. The van der Waals surface area contributed by atoms with Gasteiger partial charge in [0, 0.05) is 18.4 Å². The number of rotatable bonds is 5. The van der Waals surface area contributed by atoms with Crippen LogP contribution in [0.5, 0.6) is 0 Å². The molecular formula is C14H18O3. The van der Waals surface area contributed by atoms with Crippen molar-refractivity contribution in [3.8, 4) is 0 Å². The number of aliphatic carboxylic acids is 1. The molecule has 0 bridgehead atoms. The zero-order valence-electron chi connectivity index (χ0n) is 10.5. The van der Waals surface area contributed by atoms with Crippen molar-refractivity contribution in [2.24, 2.45) is 5.92 Å². The molecule has 1 aromatic carbocycles. The van der Waals surface area contributed by atoms with Crippen molar-refractivity contribution in [2.75, 3.05) is 0 Å². The van der Waals surface area contributed by atoms with E-state index in [-0.39, 0.29) is 24.5 Å². The summed E-state index contributed by atoms with van der Waals surface area (Å²) in [6, 6.07) is 5.75. The fraction of sp³-hybridized carbons (Fsp3) is 0.429. The van der Waals surface area contributed by atoms with E-state index in [9.17, 15) is 9.59 Å². The lowest BCUT2D eigenvalue weighted by atomic mass is 9.94. The standard InChI is InChI=1S/C14H18O3/c1-9-4-5-11(3)12(6-9)13(15)7-10(2)8-14(16)17/h4-6,10H,7-8H2,1-3H3,(H,16,17)/t10-/m1/s1. The molecule has 0 saturated carbocycles. The van der Waals surface area contributed by atoms with Crippen LogP contribution in [0, 0.1) is 19.8 Å². The van der Waals surface area contributed by atoms with Gasteiger partial charge < -0.3 is 5.11 Å². The van der Waals surface area contributed by atoms with Crippen LogP contribution in [0.1, 0.15) is 41.3 Å². The van der Waals surface area contributed by atoms with Gasteiger partial charge in [-0.3, -0.25) is 9.59 Å². The monoisotopic (exact) mass is 234 g/mol. The van der Waals surface area contributed by atoms with Crippen LogP contribution in [0.2, 0.25) is 0 Å². The summed E-state index contributed by atoms with van der Waals surface area (Å²) in [5.41, 5.74) is 2.70. The van der Waals surface area contributed by atoms with Gasteiger partial charge in [-0.25, -0.2) is 0 Å². The summed E-state index contributed by atoms with van der Waals surface area (Å²) in [6.45, 7) is 5.63. The average Bonchev–Trinajstić information content (AvgIpc) is 2.20. The molecule has 0 aliphatic heterocycles. The van der Waals surface area contributed by atoms with Crippen molar-refractivity contribution in [3.63, 3.8) is 0 Å². The minimum Gasteiger partial charge on any atom is -0.481 e. The second-order valence-electron chi connectivity index (χ2n) is 4.65. The van der Waals surface area contributed by atoms with E-state index in [1.807, 2.05) is 32.0 Å². The van der Waals surface area contributed by atoms with Crippen molar-refractivity contribution in [1.82, 2.24) is 0 Å². The molecule has 0 radical (unpaired) electrons. The first-order valence-corrected chi connectivity index (χ1v) is 5.72. The van der Waals surface area contributed by atoms with Gasteiger partial charge in [0.25, 0.3) is 0 Å². The summed E-state index contributed by atoms with van der Waals surface area (Å²) in [5.74, 6) is -0.953. The number of ketones is 1. The number of aryl methyl sites for hydroxylation is 2. The van der Waals surface area contributed by atoms with Crippen molar-refractivity contribution in [3.05, 3.63) is 34.9 Å². The fourth-order valence-electron chi connectivity index (χ4n) is 1.83. The van der Waals surface area contributed by atoms with Crippen LogP contribution in [0.25, 0.3) is 0 Å². The van der Waals surface area contributed by atoms with E-state index in [2.05, 4.69) is 0 Å². The highest BCUT2D eigenvalue weighted by atomic mass is 16.4. The van der Waals surface area contributed by atoms with Crippen LogP contribution in [0.15, 0.2) is 18.2 Å². The predicted octanol–water partition coefficient (Wildman–Crippen LogP) is 2.99. The molecule has 92 valence electrons. The number of carbonyl (C=O) groups is 2. The molecule has 0 heterocycles. The van der Waals surface area contributed by atoms with E-state index in [4.69, 9.17) is 5.11 Å². The van der Waals surface area contributed by atoms with E-state index >= 15 is 0 Å². The van der Waals surface area contributed by atoms with Crippen LogP contribution in [0.3, 0.4) is 0 Å². The van der Waals surface area contributed by atoms with E-state index in [0.717, 1.165) is 11.1 Å². The van der Waals surface area contributed by atoms with Gasteiger partial charge in [-0.05, 0) is 31.4 Å². The molecule has 0 saturated heterocycles. The molecule has 0 amide bonds. The third-order valence-electron chi connectivity index (χ3n) is 2.75. The topological polar surface area (TPSA) is 54.4 Å². The molecule has 1 aromatic rings. The van der Waals surface area contributed by atoms with Crippen LogP contribution >= 0.6 is 0 Å². The molecule has 17 heavy (non-hydrogen) atoms. The maximum Gasteiger partial charge on any atom is 0.303 e. The third-order valence-corrected chi connectivity index (χ3v) is 2.75. The molecule has 0 aliphatic carbocycles. The SMILES string of the molecule is Cc1ccc(C)c(C(=O)C[C@@H](C)CC(=O)O)c1. The molecule has 3 nitrogen and oxygen atoms in total. The lowest BCUT2D eigenvalue weighted by Crippen LogP contribution is -2.11. The Morgan fingerprint density at radius 1 is 1.24 bits per heavy atom. The number of hydrogen-bond acceptors (Lipinski definition) is 2. The number of carbonyl (C=O) groups excluding carboxylic acids is 1. The van der Waals surface area contributed by atoms with Crippen LogP contribution in [-0.4, -0.2) is 16.9 Å². The number of carboxylic acid groups (broad SMARTS) is 1. The van der Waals surface area contributed by atoms with Gasteiger partial charge in [-0.2, -0.15) is 0 Å². The molecule has 0 aliphatic rings. The van der Waals surface area contributed by atoms with Gasteiger partial charge in [0.2, 0.25) is 0 Å². The third kappa shape index (κ3) is 4.02. The normalized spacial score (nSPS) is 12.2. The highest BCUT2D eigenvalue weighted by Crippen LogP contribution is 2.17. The number of Topliss-reactive ketones (excluding diaryl/α,β-unsaturated/α-hetero) is 1. The Morgan fingerprint density at radius 2 is 1.88 bits per heavy atom. The number of carboxylic acids is 1. The first kappa shape index (κ1) is 13.4. The van der Waals surface area contributed by atoms with Gasteiger partial charge in [-0.15, -0.1) is 0 Å². The summed E-state index contributed by atoms with van der Waals surface area (Å²) in [7, 11) is 0. The molecule has 1 rings (SSSR count). The Kier molecular flexibility index (Phi) is 4.44. The maximum absolute atomic E-state index is 12.0. The second-order valence-corrected chi connectivity index (χ2v) is 4.65. The Hall–Kier alpha value is -1.64. The molecule has 3 heteroatoms. The Labute approximate surface area is 101 Å². The Bertz CT molecular complexity index is 435. The Morgan fingerprint density at radius 3 is 2.47 bits per heavy atom. The summed E-state index contributed by atoms with van der Waals surface area (Å²) < 4.78 is 0. The zero-order chi connectivity index (χ0) is 13.0. The minimum absolute atomic E-state index is 0.0277. The average molecular weight is 234 g/mol. The van der Waals surface area contributed by atoms with E-state index in [1.165, 1.54) is 0 Å². The van der Waals surface area contributed by atoms with Gasteiger partial charge >= 0.3 is 5.97 Å². The lowest BCUT2D eigenvalue weighted by Gasteiger charge is -2.10. The lowest BCUT2D eigenvalue weighted by molar-refractivity contribution is -0.137. The Balaban J connectivity index is 2.76. The van der Waals surface area contributed by atoms with Crippen molar-refractivity contribution >= 4 is 11.8 Å². The second kappa shape index (κ2) is 5.62. The van der Waals surface area contributed by atoms with Crippen LogP contribution < -0.4 is 0 Å².